The molecule has 0 radical (unpaired) electrons. The number of aryl methyl sites for hydroxylation is 1. The van der Waals surface area contributed by atoms with Crippen molar-refractivity contribution >= 4 is 16.9 Å². The molecule has 9 heteroatoms. The molecular formula is C25H28N4O5. The number of phenols is 1. The number of carbonyl (C=O) groups is 1. The second kappa shape index (κ2) is 7.90. The fraction of sp³-hybridized carbons (Fsp3) is 0.400. The van der Waals surface area contributed by atoms with Gasteiger partial charge in [-0.15, -0.1) is 0 Å². The lowest BCUT2D eigenvalue weighted by atomic mass is 9.86. The summed E-state index contributed by atoms with van der Waals surface area (Å²) < 4.78 is 6.73. The van der Waals surface area contributed by atoms with Crippen molar-refractivity contribution in [3.8, 4) is 17.1 Å². The Balaban J connectivity index is 1.77. The van der Waals surface area contributed by atoms with Gasteiger partial charge in [-0.1, -0.05) is 13.8 Å². The number of esters is 1. The van der Waals surface area contributed by atoms with Crippen LogP contribution < -0.4 is 16.2 Å². The largest absolute Gasteiger partial charge is 0.507 e. The van der Waals surface area contributed by atoms with Gasteiger partial charge in [0.25, 0.3) is 5.56 Å². The van der Waals surface area contributed by atoms with Gasteiger partial charge < -0.3 is 30.2 Å². The Hall–Kier alpha value is -3.27. The summed E-state index contributed by atoms with van der Waals surface area (Å²) in [5.41, 5.74) is 2.72. The topological polar surface area (TPSA) is 126 Å². The number of aromatic hydroxyl groups is 1. The summed E-state index contributed by atoms with van der Waals surface area (Å²) in [6, 6.07) is 5.52. The Kier molecular flexibility index (Phi) is 5.23. The van der Waals surface area contributed by atoms with Gasteiger partial charge in [-0.2, -0.15) is 0 Å². The number of benzene rings is 1. The van der Waals surface area contributed by atoms with Gasteiger partial charge in [0.1, 0.15) is 12.4 Å². The van der Waals surface area contributed by atoms with Gasteiger partial charge in [0.15, 0.2) is 5.60 Å². The van der Waals surface area contributed by atoms with Gasteiger partial charge >= 0.3 is 5.97 Å². The number of aromatic nitrogens is 2. The number of phenolic OH excluding ortho intramolecular Hbond substituents is 1. The van der Waals surface area contributed by atoms with Crippen LogP contribution >= 0.6 is 0 Å². The highest BCUT2D eigenvalue weighted by atomic mass is 16.6. The Morgan fingerprint density at radius 3 is 2.59 bits per heavy atom. The van der Waals surface area contributed by atoms with E-state index in [1.165, 1.54) is 0 Å². The minimum absolute atomic E-state index is 0.0917. The molecule has 0 spiro atoms. The average Bonchev–Trinajstić information content (AvgIpc) is 3.21. The Bertz CT molecular complexity index is 1410. The van der Waals surface area contributed by atoms with Gasteiger partial charge in [-0.05, 0) is 50.7 Å². The number of cyclic esters (lactones) is 1. The van der Waals surface area contributed by atoms with Crippen molar-refractivity contribution in [2.24, 2.45) is 0 Å². The molecule has 34 heavy (non-hydrogen) atoms. The zero-order chi connectivity index (χ0) is 24.4. The van der Waals surface area contributed by atoms with E-state index < -0.39 is 11.6 Å². The van der Waals surface area contributed by atoms with Crippen LogP contribution in [0.2, 0.25) is 0 Å². The third-order valence-corrected chi connectivity index (χ3v) is 7.15. The predicted molar refractivity (Wildman–Crippen MR) is 126 cm³/mol. The summed E-state index contributed by atoms with van der Waals surface area (Å²) in [5, 5.41) is 29.1. The SMILES string of the molecule is CCc1cc(C(NC)NC)c(O)c2cc3c(nc12)-c1cc2c(c(=O)n1C3)COC(=O)[C@]2(O)CC. The van der Waals surface area contributed by atoms with Gasteiger partial charge in [-0.25, -0.2) is 9.78 Å². The fourth-order valence-electron chi connectivity index (χ4n) is 5.17. The molecular weight excluding hydrogens is 436 g/mol. The number of carbonyl (C=O) groups excluding carboxylic acids is 1. The highest BCUT2D eigenvalue weighted by Crippen LogP contribution is 2.41. The molecule has 2 aliphatic rings. The predicted octanol–water partition coefficient (Wildman–Crippen LogP) is 1.78. The number of nitrogens with one attached hydrogen (secondary N) is 2. The van der Waals surface area contributed by atoms with E-state index in [1.807, 2.05) is 33.2 Å². The van der Waals surface area contributed by atoms with Crippen LogP contribution in [0.25, 0.3) is 22.3 Å². The maximum Gasteiger partial charge on any atom is 0.343 e. The molecule has 0 amide bonds. The molecule has 0 fully saturated rings. The quantitative estimate of drug-likeness (QED) is 0.260. The zero-order valence-corrected chi connectivity index (χ0v) is 19.7. The lowest BCUT2D eigenvalue weighted by Crippen LogP contribution is -2.44. The van der Waals surface area contributed by atoms with E-state index in [0.29, 0.717) is 28.7 Å². The zero-order valence-electron chi connectivity index (χ0n) is 19.7. The van der Waals surface area contributed by atoms with Crippen LogP contribution in [-0.4, -0.2) is 39.8 Å². The minimum atomic E-state index is -1.86. The van der Waals surface area contributed by atoms with Crippen molar-refractivity contribution < 1.29 is 19.7 Å². The number of hydrogen-bond acceptors (Lipinski definition) is 8. The Labute approximate surface area is 196 Å². The number of nitrogens with zero attached hydrogens (tertiary/aromatic N) is 2. The monoisotopic (exact) mass is 464 g/mol. The van der Waals surface area contributed by atoms with Crippen LogP contribution in [0.5, 0.6) is 5.75 Å². The van der Waals surface area contributed by atoms with E-state index in [0.717, 1.165) is 16.7 Å². The molecule has 1 aromatic carbocycles. The number of rotatable bonds is 5. The highest BCUT2D eigenvalue weighted by molar-refractivity contribution is 5.92. The lowest BCUT2D eigenvalue weighted by Gasteiger charge is -2.31. The normalized spacial score (nSPS) is 18.7. The molecule has 0 aliphatic carbocycles. The number of aliphatic hydroxyl groups is 1. The van der Waals surface area contributed by atoms with Gasteiger partial charge in [0.05, 0.1) is 35.2 Å². The smallest absolute Gasteiger partial charge is 0.343 e. The van der Waals surface area contributed by atoms with Crippen LogP contribution in [0.15, 0.2) is 23.0 Å². The third kappa shape index (κ3) is 2.94. The summed E-state index contributed by atoms with van der Waals surface area (Å²) in [4.78, 5) is 30.6. The molecule has 2 aromatic heterocycles. The lowest BCUT2D eigenvalue weighted by molar-refractivity contribution is -0.172. The van der Waals surface area contributed by atoms with E-state index in [2.05, 4.69) is 10.6 Å². The van der Waals surface area contributed by atoms with Crippen molar-refractivity contribution in [2.45, 2.75) is 51.6 Å². The molecule has 5 rings (SSSR count). The molecule has 178 valence electrons. The average molecular weight is 465 g/mol. The molecule has 9 nitrogen and oxygen atoms in total. The van der Waals surface area contributed by atoms with E-state index in [-0.39, 0.29) is 48.2 Å². The molecule has 0 unspecified atom stereocenters. The Morgan fingerprint density at radius 2 is 1.94 bits per heavy atom. The summed E-state index contributed by atoms with van der Waals surface area (Å²) in [6.45, 7) is 3.82. The van der Waals surface area contributed by atoms with Crippen LogP contribution in [0.3, 0.4) is 0 Å². The molecule has 0 bridgehead atoms. The first-order chi connectivity index (χ1) is 16.3. The van der Waals surface area contributed by atoms with E-state index >= 15 is 0 Å². The summed E-state index contributed by atoms with van der Waals surface area (Å²) >= 11 is 0. The first kappa shape index (κ1) is 22.5. The van der Waals surface area contributed by atoms with Crippen molar-refractivity contribution in [1.82, 2.24) is 20.2 Å². The van der Waals surface area contributed by atoms with E-state index in [4.69, 9.17) is 9.72 Å². The van der Waals surface area contributed by atoms with Crippen LogP contribution in [0.4, 0.5) is 0 Å². The maximum atomic E-state index is 13.4. The number of hydrogen-bond donors (Lipinski definition) is 4. The van der Waals surface area contributed by atoms with E-state index in [9.17, 15) is 19.8 Å². The summed E-state index contributed by atoms with van der Waals surface area (Å²) in [7, 11) is 3.63. The Morgan fingerprint density at radius 1 is 1.21 bits per heavy atom. The van der Waals surface area contributed by atoms with Gasteiger partial charge in [0, 0.05) is 22.1 Å². The molecule has 1 atom stereocenters. The minimum Gasteiger partial charge on any atom is -0.507 e. The number of ether oxygens (including phenoxy) is 1. The van der Waals surface area contributed by atoms with Gasteiger partial charge in [0.2, 0.25) is 0 Å². The maximum absolute atomic E-state index is 13.4. The second-order valence-electron chi connectivity index (χ2n) is 8.83. The fourth-order valence-corrected chi connectivity index (χ4v) is 5.17. The van der Waals surface area contributed by atoms with Gasteiger partial charge in [-0.3, -0.25) is 4.79 Å². The number of pyridine rings is 2. The standard InChI is InChI=1S/C25H28N4O5/c1-5-12-7-15(22(26-3)27-4)21(30)14-8-13-10-29-18(20(13)28-19(12)14)9-17-16(23(29)31)11-34-24(32)25(17,33)6-2/h7-9,22,26-27,30,33H,5-6,10-11H2,1-4H3/t25-/m0/s1. The van der Waals surface area contributed by atoms with Crippen molar-refractivity contribution in [1.29, 1.82) is 0 Å². The van der Waals surface area contributed by atoms with Crippen LogP contribution in [0, 0.1) is 0 Å². The highest BCUT2D eigenvalue weighted by Gasteiger charge is 2.45. The van der Waals surface area contributed by atoms with E-state index in [1.54, 1.807) is 17.6 Å². The van der Waals surface area contributed by atoms with Crippen LogP contribution in [0.1, 0.15) is 54.3 Å². The molecule has 4 heterocycles. The first-order valence-electron chi connectivity index (χ1n) is 11.5. The molecule has 2 aliphatic heterocycles. The van der Waals surface area contributed by atoms with Crippen molar-refractivity contribution in [2.75, 3.05) is 14.1 Å². The van der Waals surface area contributed by atoms with Crippen LogP contribution in [-0.2, 0) is 34.7 Å². The molecule has 4 N–H and O–H groups in total. The van der Waals surface area contributed by atoms with Crippen molar-refractivity contribution in [3.63, 3.8) is 0 Å². The van der Waals surface area contributed by atoms with Crippen molar-refractivity contribution in [3.05, 3.63) is 56.4 Å². The second-order valence-corrected chi connectivity index (χ2v) is 8.83. The number of fused-ring (bicyclic) bond motifs is 5. The first-order valence-corrected chi connectivity index (χ1v) is 11.5. The third-order valence-electron chi connectivity index (χ3n) is 7.15. The molecule has 3 aromatic rings. The molecule has 0 saturated heterocycles. The summed E-state index contributed by atoms with van der Waals surface area (Å²) in [6.07, 6.45) is 0.557. The summed E-state index contributed by atoms with van der Waals surface area (Å²) in [5.74, 6) is -0.607. The molecule has 0 saturated carbocycles.